The highest BCUT2D eigenvalue weighted by Crippen LogP contribution is 2.81. The fourth-order valence-corrected chi connectivity index (χ4v) is 6.35. The first-order chi connectivity index (χ1) is 8.59. The molecule has 0 N–H and O–H groups in total. The molecule has 0 aliphatic carbocycles. The van der Waals surface area contributed by atoms with Crippen LogP contribution in [0.25, 0.3) is 0 Å². The van der Waals surface area contributed by atoms with Gasteiger partial charge in [0.2, 0.25) is 0 Å². The molecule has 1 heterocycles. The minimum Gasteiger partial charge on any atom is -0.419 e. The fourth-order valence-electron chi connectivity index (χ4n) is 1.11. The van der Waals surface area contributed by atoms with Crippen molar-refractivity contribution in [2.75, 3.05) is 0 Å². The van der Waals surface area contributed by atoms with Crippen LogP contribution in [0.2, 0.25) is 0 Å². The predicted octanol–water partition coefficient (Wildman–Crippen LogP) is 6.90. The Morgan fingerprint density at radius 1 is 0.789 bits per heavy atom. The lowest BCUT2D eigenvalue weighted by molar-refractivity contribution is 0.544. The molecule has 1 atom stereocenters. The van der Waals surface area contributed by atoms with Gasteiger partial charge in [0.05, 0.1) is 0 Å². The molecule has 0 spiro atoms. The Morgan fingerprint density at radius 3 is 1.84 bits per heavy atom. The van der Waals surface area contributed by atoms with E-state index in [0.29, 0.717) is 0 Å². The van der Waals surface area contributed by atoms with Gasteiger partial charge in [-0.15, -0.1) is 34.5 Å². The number of hydrogen-bond acceptors (Lipinski definition) is 4. The van der Waals surface area contributed by atoms with E-state index in [1.165, 1.54) is 0 Å². The summed E-state index contributed by atoms with van der Waals surface area (Å²) in [6.45, 7) is 0. The maximum atomic E-state index is 13.8. The second kappa shape index (κ2) is 4.69. The van der Waals surface area contributed by atoms with Crippen LogP contribution in [0.15, 0.2) is 37.8 Å². The van der Waals surface area contributed by atoms with E-state index in [1.54, 1.807) is 0 Å². The average Bonchev–Trinajstić information content (AvgIpc) is 2.15. The van der Waals surface area contributed by atoms with E-state index in [1.807, 2.05) is 4.52 Å². The van der Waals surface area contributed by atoms with E-state index in [4.69, 9.17) is 0 Å². The zero-order valence-electron chi connectivity index (χ0n) is 8.67. The van der Waals surface area contributed by atoms with Crippen LogP contribution in [0.1, 0.15) is 0 Å². The third kappa shape index (κ3) is 3.88. The summed E-state index contributed by atoms with van der Waals surface area (Å²) in [5.74, 6) is -1.12. The monoisotopic (exact) mass is 341 g/mol. The Morgan fingerprint density at radius 2 is 1.32 bits per heavy atom. The first-order valence-electron chi connectivity index (χ1n) is 4.44. The first kappa shape index (κ1) is 14.7. The smallest absolute Gasteiger partial charge is 0.419 e. The molecule has 0 saturated heterocycles. The summed E-state index contributed by atoms with van der Waals surface area (Å²) in [6, 6.07) is 3.47. The molecule has 106 valence electrons. The highest BCUT2D eigenvalue weighted by Gasteiger charge is 2.41. The van der Waals surface area contributed by atoms with E-state index < -0.39 is 35.0 Å². The lowest BCUT2D eigenvalue weighted by Gasteiger charge is -2.16. The van der Waals surface area contributed by atoms with Crippen LogP contribution in [0.5, 0.6) is 5.75 Å². The average molecular weight is 341 g/mol. The van der Waals surface area contributed by atoms with E-state index in [0.717, 1.165) is 24.3 Å². The molecule has 4 nitrogen and oxygen atoms in total. The topological polar surface area (TPSA) is 46.3 Å². The van der Waals surface area contributed by atoms with Crippen LogP contribution in [-0.4, -0.2) is 0 Å². The van der Waals surface area contributed by atoms with Gasteiger partial charge in [-0.2, -0.15) is 0 Å². The highest BCUT2D eigenvalue weighted by molar-refractivity contribution is 7.77. The van der Waals surface area contributed by atoms with Crippen LogP contribution in [-0.2, 0) is 0 Å². The molecule has 1 aliphatic heterocycles. The summed E-state index contributed by atoms with van der Waals surface area (Å²) in [5, 5.41) is 0. The number of hydrogen-bond donors (Lipinski definition) is 0. The number of benzene rings is 1. The molecular formula is C6H4F6N3OP3. The minimum absolute atomic E-state index is 0.424. The van der Waals surface area contributed by atoms with Gasteiger partial charge >= 0.3 is 23.4 Å². The van der Waals surface area contributed by atoms with Crippen molar-refractivity contribution in [3.8, 4) is 5.75 Å². The number of rotatable bonds is 2. The van der Waals surface area contributed by atoms with Crippen molar-refractivity contribution in [1.82, 2.24) is 0 Å². The molecule has 0 saturated carbocycles. The molecule has 1 aromatic carbocycles. The Balaban J connectivity index is 2.44. The van der Waals surface area contributed by atoms with E-state index in [-0.39, 0.29) is 0 Å². The largest absolute Gasteiger partial charge is 0.441 e. The summed E-state index contributed by atoms with van der Waals surface area (Å²) in [5.41, 5.74) is 0. The van der Waals surface area contributed by atoms with Crippen molar-refractivity contribution in [3.63, 3.8) is 0 Å². The fraction of sp³-hybridized carbons (Fsp3) is 0. The Bertz CT molecular complexity index is 654. The first-order valence-corrected chi connectivity index (χ1v) is 8.90. The normalized spacial score (nSPS) is 27.7. The van der Waals surface area contributed by atoms with Gasteiger partial charge in [0.15, 0.2) is 0 Å². The maximum absolute atomic E-state index is 13.8. The second-order valence-electron chi connectivity index (χ2n) is 3.20. The molecule has 0 bridgehead atoms. The standard InChI is InChI=1S/C6H4F6N3OP3/c7-5-1-3-6(4-2-5)16-19(12)14-17(8,9)13-18(10,11)15-19/h1-4H. The predicted molar refractivity (Wildman–Crippen MR) is 60.6 cm³/mol. The quantitative estimate of drug-likeness (QED) is 0.426. The van der Waals surface area contributed by atoms with Crippen LogP contribution >= 0.6 is 23.4 Å². The molecule has 0 amide bonds. The number of halogens is 6. The highest BCUT2D eigenvalue weighted by atomic mass is 31.3. The van der Waals surface area contributed by atoms with Gasteiger partial charge in [-0.1, -0.05) is 0 Å². The van der Waals surface area contributed by atoms with Crippen LogP contribution in [0.4, 0.5) is 25.4 Å². The van der Waals surface area contributed by atoms with Gasteiger partial charge in [-0.05, 0) is 24.3 Å². The minimum atomic E-state index is -5.80. The Kier molecular flexibility index (Phi) is 3.62. The molecule has 1 aliphatic rings. The molecule has 13 heteroatoms. The van der Waals surface area contributed by atoms with E-state index >= 15 is 0 Å². The lowest BCUT2D eigenvalue weighted by atomic mass is 10.3. The van der Waals surface area contributed by atoms with Crippen molar-refractivity contribution in [3.05, 3.63) is 30.1 Å². The Hall–Kier alpha value is -0.710. The summed E-state index contributed by atoms with van der Waals surface area (Å²) >= 11 is 0. The summed E-state index contributed by atoms with van der Waals surface area (Å²) < 4.78 is 88.7. The van der Waals surface area contributed by atoms with Crippen molar-refractivity contribution < 1.29 is 29.9 Å². The van der Waals surface area contributed by atoms with Gasteiger partial charge < -0.3 is 4.52 Å². The molecule has 19 heavy (non-hydrogen) atoms. The summed E-state index contributed by atoms with van der Waals surface area (Å²) in [4.78, 5) is 0. The van der Waals surface area contributed by atoms with E-state index in [2.05, 4.69) is 13.6 Å². The molecule has 2 rings (SSSR count). The third-order valence-electron chi connectivity index (χ3n) is 1.69. The van der Waals surface area contributed by atoms with Crippen molar-refractivity contribution in [2.45, 2.75) is 0 Å². The molecule has 0 aromatic heterocycles. The van der Waals surface area contributed by atoms with Crippen LogP contribution in [0, 0.1) is 5.82 Å². The van der Waals surface area contributed by atoms with E-state index in [9.17, 15) is 25.4 Å². The van der Waals surface area contributed by atoms with Crippen molar-refractivity contribution in [2.24, 2.45) is 13.5 Å². The zero-order chi connectivity index (χ0) is 14.3. The summed E-state index contributed by atoms with van der Waals surface area (Å²) in [6.07, 6.45) is 0. The van der Waals surface area contributed by atoms with Gasteiger partial charge in [-0.3, -0.25) is 0 Å². The second-order valence-corrected chi connectivity index (χ2v) is 8.30. The third-order valence-corrected chi connectivity index (χ3v) is 7.34. The molecule has 1 unspecified atom stereocenters. The Labute approximate surface area is 103 Å². The number of nitrogens with zero attached hydrogens (tertiary/aromatic N) is 3. The zero-order valence-corrected chi connectivity index (χ0v) is 11.4. The van der Waals surface area contributed by atoms with Gasteiger partial charge in [0.25, 0.3) is 0 Å². The van der Waals surface area contributed by atoms with Gasteiger partial charge in [0.1, 0.15) is 11.6 Å². The molecule has 1 aromatic rings. The van der Waals surface area contributed by atoms with Gasteiger partial charge in [0, 0.05) is 0 Å². The molecular weight excluding hydrogens is 337 g/mol. The lowest BCUT2D eigenvalue weighted by Crippen LogP contribution is -1.87. The summed E-state index contributed by atoms with van der Waals surface area (Å²) in [7, 11) is -16.8. The molecule has 0 fully saturated rings. The van der Waals surface area contributed by atoms with Crippen LogP contribution in [0.3, 0.4) is 0 Å². The van der Waals surface area contributed by atoms with Crippen molar-refractivity contribution in [1.29, 1.82) is 0 Å². The molecule has 0 radical (unpaired) electrons. The maximum Gasteiger partial charge on any atom is 0.441 e. The SMILES string of the molecule is Fc1ccc(OP2(F)=NP(F)(F)=NP(F)(F)=N2)cc1. The van der Waals surface area contributed by atoms with Gasteiger partial charge in [-0.25, -0.2) is 4.39 Å². The van der Waals surface area contributed by atoms with Crippen LogP contribution < -0.4 is 4.52 Å². The van der Waals surface area contributed by atoms with Crippen molar-refractivity contribution >= 4 is 23.4 Å².